The Kier molecular flexibility index (Phi) is 14.7. The van der Waals surface area contributed by atoms with E-state index in [2.05, 4.69) is 196 Å². The molecule has 302 valence electrons. The molecule has 2 nitrogen and oxygen atoms in total. The van der Waals surface area contributed by atoms with Crippen molar-refractivity contribution in [3.8, 4) is 22.3 Å². The summed E-state index contributed by atoms with van der Waals surface area (Å²) in [4.78, 5) is 0. The van der Waals surface area contributed by atoms with Gasteiger partial charge in [-0.25, -0.2) is 0 Å². The maximum atomic E-state index is 3.71. The molecule has 0 spiro atoms. The van der Waals surface area contributed by atoms with Gasteiger partial charge < -0.3 is 10.6 Å². The van der Waals surface area contributed by atoms with Crippen LogP contribution >= 0.6 is 0 Å². The van der Waals surface area contributed by atoms with E-state index in [4.69, 9.17) is 0 Å². The summed E-state index contributed by atoms with van der Waals surface area (Å²) >= 11 is 0. The fraction of sp³-hybridized carbons (Fsp3) is 0.298. The Bertz CT molecular complexity index is 2280. The van der Waals surface area contributed by atoms with Crippen molar-refractivity contribution in [1.82, 2.24) is 0 Å². The van der Waals surface area contributed by atoms with Gasteiger partial charge in [0.2, 0.25) is 0 Å². The van der Waals surface area contributed by atoms with Gasteiger partial charge in [0.15, 0.2) is 0 Å². The number of hydrogen-bond acceptors (Lipinski definition) is 2. The molecule has 2 N–H and O–H groups in total. The minimum Gasteiger partial charge on any atom is -0.381 e. The quantitative estimate of drug-likeness (QED) is 0.0801. The zero-order chi connectivity index (χ0) is 40.8. The van der Waals surface area contributed by atoms with Gasteiger partial charge in [0, 0.05) is 29.5 Å². The van der Waals surface area contributed by atoms with Crippen LogP contribution in [0, 0.1) is 19.8 Å². The largest absolute Gasteiger partial charge is 0.381 e. The Morgan fingerprint density at radius 2 is 1.08 bits per heavy atom. The van der Waals surface area contributed by atoms with Gasteiger partial charge in [-0.1, -0.05) is 180 Å². The SMILES string of the molecule is CCCCCCC1=CC(c2ccc(Nc3ccc(-c4ccccc4)c(C)c3)cc2)C(CCCCCC)C=C1c1ccc(NCc2ccc(-c3ccccc3)c(C)c2)cc1. The first-order valence-electron chi connectivity index (χ1n) is 22.4. The minimum absolute atomic E-state index is 0.376. The molecular weight excluding hydrogens is 713 g/mol. The third-order valence-electron chi connectivity index (χ3n) is 12.2. The van der Waals surface area contributed by atoms with Gasteiger partial charge in [0.25, 0.3) is 0 Å². The Labute approximate surface area is 355 Å². The highest BCUT2D eigenvalue weighted by Gasteiger charge is 2.27. The van der Waals surface area contributed by atoms with Crippen LogP contribution in [-0.2, 0) is 6.54 Å². The second kappa shape index (κ2) is 20.9. The van der Waals surface area contributed by atoms with Crippen molar-refractivity contribution in [3.63, 3.8) is 0 Å². The normalized spacial score (nSPS) is 15.1. The highest BCUT2D eigenvalue weighted by molar-refractivity contribution is 5.81. The van der Waals surface area contributed by atoms with Crippen LogP contribution in [0.1, 0.15) is 112 Å². The molecule has 59 heavy (non-hydrogen) atoms. The van der Waals surface area contributed by atoms with E-state index in [9.17, 15) is 0 Å². The smallest absolute Gasteiger partial charge is 0.0400 e. The molecule has 0 radical (unpaired) electrons. The van der Waals surface area contributed by atoms with Crippen LogP contribution in [0.3, 0.4) is 0 Å². The van der Waals surface area contributed by atoms with Gasteiger partial charge in [-0.2, -0.15) is 0 Å². The number of hydrogen-bond donors (Lipinski definition) is 2. The van der Waals surface area contributed by atoms with E-state index in [1.807, 2.05) is 0 Å². The molecule has 0 fully saturated rings. The predicted molar refractivity (Wildman–Crippen MR) is 257 cm³/mol. The first kappa shape index (κ1) is 41.6. The molecule has 0 aliphatic heterocycles. The molecule has 0 bridgehead atoms. The highest BCUT2D eigenvalue weighted by Crippen LogP contribution is 2.43. The van der Waals surface area contributed by atoms with Gasteiger partial charge >= 0.3 is 0 Å². The molecule has 0 saturated heterocycles. The maximum Gasteiger partial charge on any atom is 0.0400 e. The molecular formula is C57H64N2. The van der Waals surface area contributed by atoms with E-state index in [0.717, 1.165) is 30.0 Å². The van der Waals surface area contributed by atoms with Gasteiger partial charge in [-0.3, -0.25) is 0 Å². The van der Waals surface area contributed by atoms with Crippen molar-refractivity contribution < 1.29 is 0 Å². The Morgan fingerprint density at radius 1 is 0.492 bits per heavy atom. The Hall–Kier alpha value is -5.60. The fourth-order valence-electron chi connectivity index (χ4n) is 8.90. The summed E-state index contributed by atoms with van der Waals surface area (Å²) in [7, 11) is 0. The molecule has 7 rings (SSSR count). The van der Waals surface area contributed by atoms with Gasteiger partial charge in [-0.05, 0) is 137 Å². The van der Waals surface area contributed by atoms with Crippen LogP contribution in [0.4, 0.5) is 17.1 Å². The second-order valence-electron chi connectivity index (χ2n) is 16.7. The topological polar surface area (TPSA) is 24.1 Å². The first-order chi connectivity index (χ1) is 29.0. The molecule has 6 aromatic rings. The molecule has 2 atom stereocenters. The van der Waals surface area contributed by atoms with Crippen LogP contribution in [-0.4, -0.2) is 0 Å². The molecule has 0 aromatic heterocycles. The molecule has 2 unspecified atom stereocenters. The Balaban J connectivity index is 1.08. The summed E-state index contributed by atoms with van der Waals surface area (Å²) in [6.07, 6.45) is 17.9. The summed E-state index contributed by atoms with van der Waals surface area (Å²) in [5.41, 5.74) is 18.1. The van der Waals surface area contributed by atoms with E-state index in [1.54, 1.807) is 0 Å². The lowest BCUT2D eigenvalue weighted by molar-refractivity contribution is 0.489. The summed E-state index contributed by atoms with van der Waals surface area (Å²) in [6, 6.07) is 53.4. The molecule has 0 saturated carbocycles. The third kappa shape index (κ3) is 11.1. The lowest BCUT2D eigenvalue weighted by Crippen LogP contribution is -2.15. The number of anilines is 3. The predicted octanol–water partition coefficient (Wildman–Crippen LogP) is 16.7. The molecule has 0 amide bonds. The van der Waals surface area contributed by atoms with Crippen molar-refractivity contribution >= 4 is 22.6 Å². The lowest BCUT2D eigenvalue weighted by Gasteiger charge is -2.31. The minimum atomic E-state index is 0.376. The zero-order valence-corrected chi connectivity index (χ0v) is 35.9. The zero-order valence-electron chi connectivity index (χ0n) is 35.9. The standard InChI is InChI=1S/C57H64N2/c1-5-7-9-13-23-49-40-57(48-28-32-52(33-29-48)59-53-34-36-55(43(4)38-53)46-21-17-12-18-22-46)50(24-14-10-8-6-2)39-56(49)47-26-30-51(31-27-47)58-41-44-25-35-54(42(3)37-44)45-19-15-11-16-20-45/h11-12,15-22,25-40,50,57-59H,5-10,13-14,23-24,41H2,1-4H3. The van der Waals surface area contributed by atoms with E-state index in [-0.39, 0.29) is 0 Å². The number of nitrogens with one attached hydrogen (secondary N) is 2. The monoisotopic (exact) mass is 777 g/mol. The average Bonchev–Trinajstić information content (AvgIpc) is 3.27. The van der Waals surface area contributed by atoms with E-state index in [0.29, 0.717) is 11.8 Å². The first-order valence-corrected chi connectivity index (χ1v) is 22.4. The molecule has 1 aliphatic rings. The lowest BCUT2D eigenvalue weighted by atomic mass is 9.74. The summed E-state index contributed by atoms with van der Waals surface area (Å²) in [5, 5.41) is 7.40. The van der Waals surface area contributed by atoms with Crippen LogP contribution in [0.2, 0.25) is 0 Å². The summed E-state index contributed by atoms with van der Waals surface area (Å²) in [6.45, 7) is 9.84. The number of rotatable bonds is 19. The van der Waals surface area contributed by atoms with Gasteiger partial charge in [0.1, 0.15) is 0 Å². The van der Waals surface area contributed by atoms with Gasteiger partial charge in [0.05, 0.1) is 0 Å². The van der Waals surface area contributed by atoms with Crippen LogP contribution in [0.15, 0.2) is 163 Å². The molecule has 6 aromatic carbocycles. The third-order valence-corrected chi connectivity index (χ3v) is 12.2. The maximum absolute atomic E-state index is 3.71. The number of aryl methyl sites for hydroxylation is 2. The highest BCUT2D eigenvalue weighted by atomic mass is 14.9. The van der Waals surface area contributed by atoms with Gasteiger partial charge in [-0.15, -0.1) is 0 Å². The van der Waals surface area contributed by atoms with Crippen molar-refractivity contribution in [1.29, 1.82) is 0 Å². The second-order valence-corrected chi connectivity index (χ2v) is 16.7. The average molecular weight is 777 g/mol. The number of benzene rings is 6. The summed E-state index contributed by atoms with van der Waals surface area (Å²) < 4.78 is 0. The molecule has 1 aliphatic carbocycles. The van der Waals surface area contributed by atoms with E-state index < -0.39 is 0 Å². The van der Waals surface area contributed by atoms with Crippen LogP contribution in [0.25, 0.3) is 27.8 Å². The number of allylic oxidation sites excluding steroid dienone is 4. The van der Waals surface area contributed by atoms with Crippen LogP contribution < -0.4 is 10.6 Å². The number of unbranched alkanes of at least 4 members (excludes halogenated alkanes) is 6. The van der Waals surface area contributed by atoms with Crippen LogP contribution in [0.5, 0.6) is 0 Å². The Morgan fingerprint density at radius 3 is 1.71 bits per heavy atom. The van der Waals surface area contributed by atoms with Crippen molar-refractivity contribution in [2.45, 2.75) is 104 Å². The van der Waals surface area contributed by atoms with Crippen molar-refractivity contribution in [2.24, 2.45) is 5.92 Å². The molecule has 2 heteroatoms. The summed E-state index contributed by atoms with van der Waals surface area (Å²) in [5.74, 6) is 0.841. The van der Waals surface area contributed by atoms with E-state index >= 15 is 0 Å². The van der Waals surface area contributed by atoms with Crippen molar-refractivity contribution in [3.05, 3.63) is 191 Å². The molecule has 0 heterocycles. The van der Waals surface area contributed by atoms with E-state index in [1.165, 1.54) is 119 Å². The van der Waals surface area contributed by atoms with Crippen molar-refractivity contribution in [2.75, 3.05) is 10.6 Å². The fourth-order valence-corrected chi connectivity index (χ4v) is 8.90.